The monoisotopic (exact) mass is 420 g/mol. The van der Waals surface area contributed by atoms with Crippen molar-refractivity contribution in [3.05, 3.63) is 47.1 Å². The van der Waals surface area contributed by atoms with E-state index in [1.807, 2.05) is 13.0 Å². The molecule has 8 nitrogen and oxygen atoms in total. The molecule has 164 valence electrons. The summed E-state index contributed by atoms with van der Waals surface area (Å²) in [7, 11) is 0. The van der Waals surface area contributed by atoms with E-state index in [9.17, 15) is 24.6 Å². The molecular formula is C22H28O8. The molecule has 0 amide bonds. The number of aliphatic hydroxyl groups excluding tert-OH is 2. The third-order valence-electron chi connectivity index (χ3n) is 5.13. The van der Waals surface area contributed by atoms with Gasteiger partial charge in [-0.2, -0.15) is 0 Å². The molecule has 0 spiro atoms. The minimum atomic E-state index is -0.786. The Labute approximate surface area is 175 Å². The molecule has 0 aromatic heterocycles. The number of carbonyl (C=O) groups excluding carboxylic acids is 3. The van der Waals surface area contributed by atoms with E-state index in [2.05, 4.69) is 6.58 Å². The smallest absolute Gasteiger partial charge is 0.336 e. The lowest BCUT2D eigenvalue weighted by atomic mass is 9.85. The Balaban J connectivity index is 2.32. The number of hydrogen-bond acceptors (Lipinski definition) is 8. The highest BCUT2D eigenvalue weighted by Crippen LogP contribution is 2.36. The van der Waals surface area contributed by atoms with Crippen molar-refractivity contribution in [2.45, 2.75) is 51.9 Å². The summed E-state index contributed by atoms with van der Waals surface area (Å²) in [5.41, 5.74) is 1.62. The highest BCUT2D eigenvalue weighted by atomic mass is 16.6. The molecular weight excluding hydrogens is 392 g/mol. The summed E-state index contributed by atoms with van der Waals surface area (Å²) in [5.74, 6) is -2.53. The molecule has 0 aromatic rings. The van der Waals surface area contributed by atoms with Gasteiger partial charge < -0.3 is 24.4 Å². The van der Waals surface area contributed by atoms with E-state index in [-0.39, 0.29) is 17.8 Å². The molecule has 1 fully saturated rings. The lowest BCUT2D eigenvalue weighted by Crippen LogP contribution is -2.34. The van der Waals surface area contributed by atoms with Crippen molar-refractivity contribution in [3.8, 4) is 0 Å². The van der Waals surface area contributed by atoms with E-state index in [0.717, 1.165) is 5.57 Å². The highest BCUT2D eigenvalue weighted by molar-refractivity contribution is 5.92. The molecule has 4 atom stereocenters. The van der Waals surface area contributed by atoms with Gasteiger partial charge in [-0.25, -0.2) is 9.59 Å². The van der Waals surface area contributed by atoms with Crippen LogP contribution in [0.2, 0.25) is 0 Å². The van der Waals surface area contributed by atoms with Crippen molar-refractivity contribution in [1.82, 2.24) is 0 Å². The average Bonchev–Trinajstić information content (AvgIpc) is 2.95. The van der Waals surface area contributed by atoms with Crippen molar-refractivity contribution >= 4 is 17.9 Å². The van der Waals surface area contributed by atoms with Crippen LogP contribution in [-0.2, 0) is 28.6 Å². The van der Waals surface area contributed by atoms with E-state index in [1.165, 1.54) is 13.0 Å². The number of fused-ring (bicyclic) bond motifs is 1. The third kappa shape index (κ3) is 5.90. The molecule has 30 heavy (non-hydrogen) atoms. The maximum atomic E-state index is 12.6. The summed E-state index contributed by atoms with van der Waals surface area (Å²) in [4.78, 5) is 35.7. The number of hydrogen-bond donors (Lipinski definition) is 2. The van der Waals surface area contributed by atoms with Crippen LogP contribution in [-0.4, -0.2) is 59.6 Å². The lowest BCUT2D eigenvalue weighted by Gasteiger charge is -2.28. The lowest BCUT2D eigenvalue weighted by molar-refractivity contribution is -0.148. The molecule has 2 N–H and O–H groups in total. The van der Waals surface area contributed by atoms with Crippen LogP contribution < -0.4 is 0 Å². The predicted molar refractivity (Wildman–Crippen MR) is 107 cm³/mol. The van der Waals surface area contributed by atoms with Gasteiger partial charge in [0.25, 0.3) is 0 Å². The fourth-order valence-electron chi connectivity index (χ4n) is 3.38. The summed E-state index contributed by atoms with van der Waals surface area (Å²) in [6.45, 7) is 7.84. The predicted octanol–water partition coefficient (Wildman–Crippen LogP) is 1.53. The number of esters is 3. The molecule has 1 aliphatic heterocycles. The summed E-state index contributed by atoms with van der Waals surface area (Å²) in [5, 5.41) is 19.8. The number of ether oxygens (including phenoxy) is 3. The maximum Gasteiger partial charge on any atom is 0.336 e. The fraction of sp³-hybridized carbons (Fsp3) is 0.500. The number of rotatable bonds is 5. The van der Waals surface area contributed by atoms with Crippen molar-refractivity contribution in [1.29, 1.82) is 0 Å². The first-order valence-electron chi connectivity index (χ1n) is 9.70. The standard InChI is InChI=1S/C22H28O8/c1-12-5-6-17(25)13(2)10-19-20(14(3)21(26)29-19)18(9-12)30-22(27)16(11-23)7-8-28-15(4)24/h5,7,10,17-20,23,25H,3,6,8-9,11H2,1-2,4H3/b12-5+,13-10+,16-7+/t17-,18-,19+,20-/m1/s1. The molecule has 0 aromatic carbocycles. The minimum absolute atomic E-state index is 0.0653. The van der Waals surface area contributed by atoms with Gasteiger partial charge in [-0.15, -0.1) is 0 Å². The van der Waals surface area contributed by atoms with Gasteiger partial charge in [0.05, 0.1) is 24.2 Å². The number of carbonyl (C=O) groups is 3. The molecule has 1 saturated heterocycles. The molecule has 0 bridgehead atoms. The van der Waals surface area contributed by atoms with Gasteiger partial charge in [0.2, 0.25) is 0 Å². The molecule has 0 radical (unpaired) electrons. The van der Waals surface area contributed by atoms with Crippen LogP contribution in [0.25, 0.3) is 0 Å². The Morgan fingerprint density at radius 1 is 1.37 bits per heavy atom. The van der Waals surface area contributed by atoms with Gasteiger partial charge in [0.1, 0.15) is 18.8 Å². The SMILES string of the molecule is C=C1C(=O)O[C@H]2/C=C(\C)[C@H](O)C/C=C(\C)C[C@@H](OC(=O)/C(=C/COC(C)=O)CO)[C@@H]12. The molecule has 1 aliphatic carbocycles. The normalized spacial score (nSPS) is 30.9. The Bertz CT molecular complexity index is 804. The third-order valence-corrected chi connectivity index (χ3v) is 5.13. The van der Waals surface area contributed by atoms with Gasteiger partial charge in [0.15, 0.2) is 0 Å². The average molecular weight is 420 g/mol. The summed E-state index contributed by atoms with van der Waals surface area (Å²) in [6, 6.07) is 0. The second-order valence-electron chi connectivity index (χ2n) is 7.47. The van der Waals surface area contributed by atoms with Crippen LogP contribution in [0.15, 0.2) is 47.1 Å². The van der Waals surface area contributed by atoms with Crippen molar-refractivity contribution in [3.63, 3.8) is 0 Å². The van der Waals surface area contributed by atoms with Crippen molar-refractivity contribution < 1.29 is 38.8 Å². The zero-order chi connectivity index (χ0) is 22.4. The summed E-state index contributed by atoms with van der Waals surface area (Å²) in [6.07, 6.45) is 3.24. The second kappa shape index (κ2) is 10.4. The highest BCUT2D eigenvalue weighted by Gasteiger charge is 2.44. The van der Waals surface area contributed by atoms with E-state index >= 15 is 0 Å². The molecule has 2 aliphatic rings. The Hall–Kier alpha value is -2.71. The molecule has 0 unspecified atom stereocenters. The van der Waals surface area contributed by atoms with Crippen LogP contribution in [0, 0.1) is 5.92 Å². The van der Waals surface area contributed by atoms with Crippen LogP contribution in [0.3, 0.4) is 0 Å². The van der Waals surface area contributed by atoms with E-state index in [4.69, 9.17) is 14.2 Å². The van der Waals surface area contributed by atoms with E-state index in [1.54, 1.807) is 13.0 Å². The van der Waals surface area contributed by atoms with Gasteiger partial charge in [0, 0.05) is 18.9 Å². The summed E-state index contributed by atoms with van der Waals surface area (Å²) < 4.78 is 15.8. The Morgan fingerprint density at radius 3 is 2.70 bits per heavy atom. The van der Waals surface area contributed by atoms with Crippen LogP contribution >= 0.6 is 0 Å². The quantitative estimate of drug-likeness (QED) is 0.297. The first-order valence-corrected chi connectivity index (χ1v) is 9.70. The van der Waals surface area contributed by atoms with E-state index < -0.39 is 48.7 Å². The fourth-order valence-corrected chi connectivity index (χ4v) is 3.38. The van der Waals surface area contributed by atoms with E-state index in [0.29, 0.717) is 18.4 Å². The first-order chi connectivity index (χ1) is 14.1. The van der Waals surface area contributed by atoms with Crippen LogP contribution in [0.1, 0.15) is 33.6 Å². The largest absolute Gasteiger partial charge is 0.462 e. The molecule has 0 saturated carbocycles. The zero-order valence-electron chi connectivity index (χ0n) is 17.4. The van der Waals surface area contributed by atoms with Crippen LogP contribution in [0.5, 0.6) is 0 Å². The van der Waals surface area contributed by atoms with Crippen molar-refractivity contribution in [2.24, 2.45) is 5.92 Å². The second-order valence-corrected chi connectivity index (χ2v) is 7.47. The van der Waals surface area contributed by atoms with Gasteiger partial charge in [-0.3, -0.25) is 4.79 Å². The van der Waals surface area contributed by atoms with Crippen molar-refractivity contribution in [2.75, 3.05) is 13.2 Å². The Kier molecular flexibility index (Phi) is 8.14. The zero-order valence-corrected chi connectivity index (χ0v) is 17.4. The molecule has 8 heteroatoms. The first kappa shape index (κ1) is 23.6. The van der Waals surface area contributed by atoms with Crippen LogP contribution in [0.4, 0.5) is 0 Å². The van der Waals surface area contributed by atoms with Gasteiger partial charge in [-0.05, 0) is 38.0 Å². The summed E-state index contributed by atoms with van der Waals surface area (Å²) >= 11 is 0. The topological polar surface area (TPSA) is 119 Å². The number of aliphatic hydroxyl groups is 2. The molecule has 1 heterocycles. The molecule has 2 rings (SSSR count). The van der Waals surface area contributed by atoms with Gasteiger partial charge >= 0.3 is 17.9 Å². The minimum Gasteiger partial charge on any atom is -0.462 e. The maximum absolute atomic E-state index is 12.6. The van der Waals surface area contributed by atoms with Gasteiger partial charge in [-0.1, -0.05) is 18.2 Å². The Morgan fingerprint density at radius 2 is 2.07 bits per heavy atom.